The summed E-state index contributed by atoms with van der Waals surface area (Å²) >= 11 is 0. The maximum atomic E-state index is 14.7. The minimum Gasteiger partial charge on any atom is -0.492 e. The maximum Gasteiger partial charge on any atom is 0.257 e. The van der Waals surface area contributed by atoms with E-state index in [0.29, 0.717) is 33.9 Å². The Kier molecular flexibility index (Phi) is 16.6. The second-order valence-corrected chi connectivity index (χ2v) is 16.9. The van der Waals surface area contributed by atoms with Crippen LogP contribution in [0.4, 0.5) is 11.5 Å². The predicted molar refractivity (Wildman–Crippen MR) is 250 cm³/mol. The summed E-state index contributed by atoms with van der Waals surface area (Å²) in [6, 6.07) is 16.0. The molecule has 1 aliphatic heterocycles. The number of nitriles is 1. The van der Waals surface area contributed by atoms with Crippen molar-refractivity contribution in [1.82, 2.24) is 31.2 Å². The van der Waals surface area contributed by atoms with E-state index >= 15 is 0 Å². The van der Waals surface area contributed by atoms with Crippen molar-refractivity contribution in [2.75, 3.05) is 57.9 Å². The number of carbonyl (C=O) groups is 5. The van der Waals surface area contributed by atoms with Crippen molar-refractivity contribution < 1.29 is 33.4 Å². The van der Waals surface area contributed by atoms with Gasteiger partial charge in [0.1, 0.15) is 66.8 Å². The maximum absolute atomic E-state index is 14.7. The largest absolute Gasteiger partial charge is 0.492 e. The number of rotatable bonds is 15. The van der Waals surface area contributed by atoms with Crippen LogP contribution in [0.15, 0.2) is 66.7 Å². The number of hydrogen-bond acceptors (Lipinski definition) is 14. The van der Waals surface area contributed by atoms with Crippen LogP contribution in [0.1, 0.15) is 67.2 Å². The van der Waals surface area contributed by atoms with Gasteiger partial charge in [-0.25, -0.2) is 4.98 Å². The van der Waals surface area contributed by atoms with E-state index in [1.165, 1.54) is 20.0 Å². The van der Waals surface area contributed by atoms with E-state index in [0.717, 1.165) is 16.0 Å². The second-order valence-electron chi connectivity index (χ2n) is 16.9. The molecule has 4 unspecified atom stereocenters. The summed E-state index contributed by atoms with van der Waals surface area (Å²) in [7, 11) is 1.38. The molecule has 0 saturated heterocycles. The van der Waals surface area contributed by atoms with Crippen molar-refractivity contribution >= 4 is 41.0 Å². The summed E-state index contributed by atoms with van der Waals surface area (Å²) in [5.74, 6) is -3.08. The summed E-state index contributed by atoms with van der Waals surface area (Å²) in [5, 5.41) is 19.7. The van der Waals surface area contributed by atoms with Gasteiger partial charge in [-0.2, -0.15) is 5.26 Å². The fourth-order valence-corrected chi connectivity index (χ4v) is 7.48. The smallest absolute Gasteiger partial charge is 0.257 e. The van der Waals surface area contributed by atoms with Crippen molar-refractivity contribution in [3.05, 3.63) is 89.0 Å². The molecule has 0 fully saturated rings. The molecule has 0 saturated carbocycles. The van der Waals surface area contributed by atoms with E-state index in [9.17, 15) is 24.0 Å². The fourth-order valence-electron chi connectivity index (χ4n) is 7.48. The van der Waals surface area contributed by atoms with Crippen LogP contribution in [0.5, 0.6) is 11.5 Å². The van der Waals surface area contributed by atoms with Gasteiger partial charge < -0.3 is 64.3 Å². The number of amides is 5. The van der Waals surface area contributed by atoms with Gasteiger partial charge in [-0.05, 0) is 72.3 Å². The monoisotopic (exact) mass is 904 g/mol. The third-order valence-electron chi connectivity index (χ3n) is 11.0. The number of pyridine rings is 1. The van der Waals surface area contributed by atoms with Crippen LogP contribution in [0, 0.1) is 11.3 Å². The van der Waals surface area contributed by atoms with Gasteiger partial charge >= 0.3 is 0 Å². The third-order valence-corrected chi connectivity index (χ3v) is 11.0. The molecule has 5 rings (SSSR count). The summed E-state index contributed by atoms with van der Waals surface area (Å²) < 4.78 is 12.2. The van der Waals surface area contributed by atoms with E-state index in [2.05, 4.69) is 47.0 Å². The number of benzene rings is 3. The lowest BCUT2D eigenvalue weighted by Gasteiger charge is -2.32. The van der Waals surface area contributed by atoms with E-state index in [4.69, 9.17) is 43.4 Å². The number of anilines is 2. The highest BCUT2D eigenvalue weighted by atomic mass is 16.5. The van der Waals surface area contributed by atoms with Crippen LogP contribution in [-0.4, -0.2) is 104 Å². The Morgan fingerprint density at radius 1 is 0.894 bits per heavy atom. The van der Waals surface area contributed by atoms with Gasteiger partial charge in [0.2, 0.25) is 23.6 Å². The molecule has 1 aromatic heterocycles. The molecule has 350 valence electrons. The highest BCUT2D eigenvalue weighted by molar-refractivity contribution is 6.06. The van der Waals surface area contributed by atoms with Crippen LogP contribution in [0.2, 0.25) is 0 Å². The zero-order valence-electron chi connectivity index (χ0n) is 37.9. The molecule has 0 aliphatic carbocycles. The number of likely N-dealkylation sites (N-methyl/N-ethyl adjacent to an activating group) is 1. The molecule has 2 heterocycles. The Hall–Kier alpha value is -7.27. The summed E-state index contributed by atoms with van der Waals surface area (Å²) in [5.41, 5.74) is 34.3. The van der Waals surface area contributed by atoms with Crippen molar-refractivity contribution in [2.45, 2.75) is 70.1 Å². The molecule has 3 aromatic carbocycles. The van der Waals surface area contributed by atoms with Crippen LogP contribution in [0.25, 0.3) is 22.4 Å². The lowest BCUT2D eigenvalue weighted by molar-refractivity contribution is -0.141. The molecule has 0 radical (unpaired) electrons. The first-order valence-electron chi connectivity index (χ1n) is 21.5. The number of aromatic nitrogens is 1. The first-order valence-corrected chi connectivity index (χ1v) is 21.5. The van der Waals surface area contributed by atoms with Crippen molar-refractivity contribution in [3.8, 4) is 40.0 Å². The van der Waals surface area contributed by atoms with Gasteiger partial charge in [0.25, 0.3) is 5.91 Å². The lowest BCUT2D eigenvalue weighted by Crippen LogP contribution is -2.56. The number of nitrogens with two attached hydrogens (primary N) is 5. The van der Waals surface area contributed by atoms with E-state index < -0.39 is 53.7 Å². The Morgan fingerprint density at radius 3 is 2.12 bits per heavy atom. The van der Waals surface area contributed by atoms with Gasteiger partial charge in [0.15, 0.2) is 0 Å². The topological polar surface area (TPSA) is 322 Å². The first-order chi connectivity index (χ1) is 31.4. The first kappa shape index (κ1) is 49.7. The van der Waals surface area contributed by atoms with Crippen molar-refractivity contribution in [3.63, 3.8) is 0 Å². The molecule has 19 heteroatoms. The average Bonchev–Trinajstić information content (AvgIpc) is 3.28. The molecule has 4 bridgehead atoms. The van der Waals surface area contributed by atoms with Crippen LogP contribution < -0.4 is 59.4 Å². The number of carbonyl (C=O) groups excluding carboxylic acids is 5. The molecule has 0 spiro atoms. The highest BCUT2D eigenvalue weighted by Crippen LogP contribution is 2.40. The molecule has 66 heavy (non-hydrogen) atoms. The number of nitrogen functional groups attached to an aromatic ring is 2. The predicted octanol–water partition coefficient (Wildman–Crippen LogP) is 1.38. The number of nitrogens with zero attached hydrogens (tertiary/aromatic N) is 3. The molecule has 19 nitrogen and oxygen atoms in total. The van der Waals surface area contributed by atoms with Gasteiger partial charge in [0, 0.05) is 43.2 Å². The summed E-state index contributed by atoms with van der Waals surface area (Å²) in [6.07, 6.45) is -0.0713. The highest BCUT2D eigenvalue weighted by Gasteiger charge is 2.36. The molecular formula is C47H60N12O7. The van der Waals surface area contributed by atoms with Crippen molar-refractivity contribution in [2.24, 2.45) is 17.2 Å². The van der Waals surface area contributed by atoms with E-state index in [-0.39, 0.29) is 80.3 Å². The molecule has 4 aromatic rings. The number of hydrogen-bond donors (Lipinski definition) is 9. The Balaban J connectivity index is 1.57. The Morgan fingerprint density at radius 2 is 1.53 bits per heavy atom. The minimum absolute atomic E-state index is 0.0103. The second kappa shape index (κ2) is 22.1. The normalized spacial score (nSPS) is 16.6. The average molecular weight is 905 g/mol. The summed E-state index contributed by atoms with van der Waals surface area (Å²) in [6.45, 7) is 7.99. The zero-order chi connectivity index (χ0) is 48.3. The van der Waals surface area contributed by atoms with Gasteiger partial charge in [-0.15, -0.1) is 0 Å². The Bertz CT molecular complexity index is 2440. The van der Waals surface area contributed by atoms with Gasteiger partial charge in [-0.1, -0.05) is 57.2 Å². The number of ether oxygens (including phenoxy) is 2. The van der Waals surface area contributed by atoms with Crippen LogP contribution in [-0.2, 0) is 31.0 Å². The standard InChI is InChI=1S/C47H60N12O7/c1-26-42(60)58-36(43(61)54-19-16-49)23-27-6-12-37(65-20-17-50)31(22-27)32-24-29(9-13-38(32)66-21-18-51)40(45(63)55-26)59(5)46(64)34(14-15-48)57-44(62)39-33(52)25-35(56-41(39)53)28-7-10-30(11-8-28)47(2,3)4/h6-13,22,24-26,34,36,40H,14-15,17-21,23,48,50-51H2,1-5H3,(H,54,61)(H,55,63)(H,57,62)(H,58,60)(H4,52,53,56). The SMILES string of the molecule is CC1NC(=O)C(N(C)C(=O)C(CCN)NC(=O)c2c(N)cc(-c3ccc(C(C)(C)C)cc3)nc2N)c2ccc(OCCN)c(c2)-c2cc(ccc2OCCN)CC(C(=O)NCC#N)NC1=O. The number of fused-ring (bicyclic) bond motifs is 5. The molecule has 4 atom stereocenters. The van der Waals surface area contributed by atoms with Crippen molar-refractivity contribution in [1.29, 1.82) is 5.26 Å². The number of nitrogens with one attached hydrogen (secondary N) is 4. The van der Waals surface area contributed by atoms with Gasteiger partial charge in [0.05, 0.1) is 17.5 Å². The summed E-state index contributed by atoms with van der Waals surface area (Å²) in [4.78, 5) is 75.9. The molecule has 1 aliphatic rings. The molecule has 5 amide bonds. The zero-order valence-corrected chi connectivity index (χ0v) is 37.9. The fraction of sp³-hybridized carbons (Fsp3) is 0.383. The van der Waals surface area contributed by atoms with Crippen LogP contribution in [0.3, 0.4) is 0 Å². The van der Waals surface area contributed by atoms with Gasteiger partial charge in [-0.3, -0.25) is 24.0 Å². The minimum atomic E-state index is -1.44. The Labute approximate surface area is 384 Å². The quantitative estimate of drug-likeness (QED) is 0.0762. The van der Waals surface area contributed by atoms with E-state index in [1.807, 2.05) is 30.3 Å². The van der Waals surface area contributed by atoms with Crippen LogP contribution >= 0.6 is 0 Å². The molecular weight excluding hydrogens is 845 g/mol. The third kappa shape index (κ3) is 11.9. The lowest BCUT2D eigenvalue weighted by atomic mass is 9.86. The molecule has 14 N–H and O–H groups in total. The van der Waals surface area contributed by atoms with E-state index in [1.54, 1.807) is 36.4 Å².